The highest BCUT2D eigenvalue weighted by molar-refractivity contribution is 7.91. The van der Waals surface area contributed by atoms with Crippen LogP contribution in [0.5, 0.6) is 0 Å². The Labute approximate surface area is 132 Å². The Balaban J connectivity index is 1.82. The molecule has 0 saturated carbocycles. The van der Waals surface area contributed by atoms with Gasteiger partial charge >= 0.3 is 0 Å². The molecule has 124 valence electrons. The lowest BCUT2D eigenvalue weighted by atomic mass is 10.2. The molecule has 2 rings (SSSR count). The van der Waals surface area contributed by atoms with Crippen molar-refractivity contribution in [2.75, 3.05) is 38.2 Å². The van der Waals surface area contributed by atoms with Crippen molar-refractivity contribution in [3.63, 3.8) is 0 Å². The minimum atomic E-state index is -2.87. The molecule has 1 aromatic carbocycles. The van der Waals surface area contributed by atoms with Crippen molar-refractivity contribution in [1.82, 2.24) is 9.80 Å². The van der Waals surface area contributed by atoms with Gasteiger partial charge in [0.1, 0.15) is 5.82 Å². The van der Waals surface area contributed by atoms with Crippen LogP contribution in [0.25, 0.3) is 0 Å². The SMILES string of the molecule is CC1CCS(=O)(=O)CCN1CCN(C)Cc1ccc(F)cc1. The third-order valence-corrected chi connectivity index (χ3v) is 5.96. The molecule has 0 amide bonds. The number of nitrogens with zero attached hydrogens (tertiary/aromatic N) is 2. The Morgan fingerprint density at radius 1 is 1.27 bits per heavy atom. The van der Waals surface area contributed by atoms with Crippen molar-refractivity contribution in [3.8, 4) is 0 Å². The Kier molecular flexibility index (Phi) is 5.94. The number of halogens is 1. The summed E-state index contributed by atoms with van der Waals surface area (Å²) in [5, 5.41) is 0. The van der Waals surface area contributed by atoms with Gasteiger partial charge in [0.2, 0.25) is 0 Å². The van der Waals surface area contributed by atoms with Crippen LogP contribution >= 0.6 is 0 Å². The molecule has 0 aliphatic carbocycles. The van der Waals surface area contributed by atoms with Crippen LogP contribution in [0.3, 0.4) is 0 Å². The number of benzene rings is 1. The molecule has 1 unspecified atom stereocenters. The first-order valence-electron chi connectivity index (χ1n) is 7.73. The second-order valence-electron chi connectivity index (χ2n) is 6.19. The minimum absolute atomic E-state index is 0.217. The minimum Gasteiger partial charge on any atom is -0.301 e. The van der Waals surface area contributed by atoms with E-state index >= 15 is 0 Å². The van der Waals surface area contributed by atoms with Gasteiger partial charge in [0.25, 0.3) is 0 Å². The zero-order valence-corrected chi connectivity index (χ0v) is 14.2. The Bertz CT molecular complexity index is 574. The summed E-state index contributed by atoms with van der Waals surface area (Å²) in [6.45, 7) is 5.20. The third kappa shape index (κ3) is 5.34. The highest BCUT2D eigenvalue weighted by atomic mass is 32.2. The summed E-state index contributed by atoms with van der Waals surface area (Å²) in [6.07, 6.45) is 0.712. The summed E-state index contributed by atoms with van der Waals surface area (Å²) in [5.74, 6) is 0.348. The van der Waals surface area contributed by atoms with Crippen LogP contribution in [0.4, 0.5) is 4.39 Å². The molecule has 1 saturated heterocycles. The molecule has 0 spiro atoms. The molecule has 1 aromatic rings. The van der Waals surface area contributed by atoms with Crippen molar-refractivity contribution in [1.29, 1.82) is 0 Å². The average molecular weight is 328 g/mol. The number of hydrogen-bond acceptors (Lipinski definition) is 4. The van der Waals surface area contributed by atoms with Crippen molar-refractivity contribution >= 4 is 9.84 Å². The molecule has 1 atom stereocenters. The lowest BCUT2D eigenvalue weighted by molar-refractivity contribution is 0.186. The predicted octanol–water partition coefficient (Wildman–Crippen LogP) is 1.77. The summed E-state index contributed by atoms with van der Waals surface area (Å²) >= 11 is 0. The highest BCUT2D eigenvalue weighted by Gasteiger charge is 2.24. The van der Waals surface area contributed by atoms with E-state index in [0.717, 1.165) is 25.2 Å². The average Bonchev–Trinajstić information content (AvgIpc) is 2.59. The Morgan fingerprint density at radius 3 is 2.64 bits per heavy atom. The molecule has 1 fully saturated rings. The maximum atomic E-state index is 12.9. The molecular weight excluding hydrogens is 303 g/mol. The van der Waals surface area contributed by atoms with E-state index in [2.05, 4.69) is 16.7 Å². The molecule has 1 aliphatic heterocycles. The fraction of sp³-hybridized carbons (Fsp3) is 0.625. The fourth-order valence-corrected chi connectivity index (χ4v) is 4.14. The van der Waals surface area contributed by atoms with Crippen LogP contribution in [0.2, 0.25) is 0 Å². The van der Waals surface area contributed by atoms with Gasteiger partial charge in [-0.15, -0.1) is 0 Å². The number of rotatable bonds is 5. The van der Waals surface area contributed by atoms with Gasteiger partial charge in [-0.05, 0) is 38.1 Å². The Hall–Kier alpha value is -0.980. The lowest BCUT2D eigenvalue weighted by Gasteiger charge is -2.28. The zero-order valence-electron chi connectivity index (χ0n) is 13.3. The van der Waals surface area contributed by atoms with Crippen molar-refractivity contribution < 1.29 is 12.8 Å². The van der Waals surface area contributed by atoms with E-state index in [1.165, 1.54) is 12.1 Å². The van der Waals surface area contributed by atoms with E-state index in [-0.39, 0.29) is 11.6 Å². The van der Waals surface area contributed by atoms with E-state index in [9.17, 15) is 12.8 Å². The number of likely N-dealkylation sites (N-methyl/N-ethyl adjacent to an activating group) is 1. The maximum absolute atomic E-state index is 12.9. The molecule has 0 aromatic heterocycles. The molecule has 0 bridgehead atoms. The second-order valence-corrected chi connectivity index (χ2v) is 8.49. The van der Waals surface area contributed by atoms with Crippen molar-refractivity contribution in [2.24, 2.45) is 0 Å². The normalized spacial score (nSPS) is 22.6. The first-order valence-corrected chi connectivity index (χ1v) is 9.55. The molecule has 4 nitrogen and oxygen atoms in total. The third-order valence-electron chi connectivity index (χ3n) is 4.29. The van der Waals surface area contributed by atoms with E-state index in [0.29, 0.717) is 24.8 Å². The number of sulfone groups is 1. The molecule has 1 aliphatic rings. The molecular formula is C16H25FN2O2S. The Morgan fingerprint density at radius 2 is 1.95 bits per heavy atom. The first kappa shape index (κ1) is 17.4. The van der Waals surface area contributed by atoms with Crippen LogP contribution in [-0.2, 0) is 16.4 Å². The zero-order chi connectivity index (χ0) is 16.2. The predicted molar refractivity (Wildman–Crippen MR) is 87.0 cm³/mol. The van der Waals surface area contributed by atoms with Crippen LogP contribution in [-0.4, -0.2) is 62.4 Å². The van der Waals surface area contributed by atoms with E-state index < -0.39 is 9.84 Å². The van der Waals surface area contributed by atoms with Crippen LogP contribution in [0.1, 0.15) is 18.9 Å². The largest absolute Gasteiger partial charge is 0.301 e. The van der Waals surface area contributed by atoms with Crippen LogP contribution in [0, 0.1) is 5.82 Å². The molecule has 22 heavy (non-hydrogen) atoms. The summed E-state index contributed by atoms with van der Waals surface area (Å²) in [7, 11) is -0.837. The van der Waals surface area contributed by atoms with Gasteiger partial charge in [-0.1, -0.05) is 12.1 Å². The topological polar surface area (TPSA) is 40.6 Å². The van der Waals surface area contributed by atoms with Crippen LogP contribution < -0.4 is 0 Å². The van der Waals surface area contributed by atoms with E-state index in [4.69, 9.17) is 0 Å². The molecule has 6 heteroatoms. The van der Waals surface area contributed by atoms with Gasteiger partial charge in [0.05, 0.1) is 11.5 Å². The smallest absolute Gasteiger partial charge is 0.151 e. The van der Waals surface area contributed by atoms with Gasteiger partial charge in [0.15, 0.2) is 9.84 Å². The van der Waals surface area contributed by atoms with Gasteiger partial charge in [-0.2, -0.15) is 0 Å². The van der Waals surface area contributed by atoms with Crippen molar-refractivity contribution in [2.45, 2.75) is 25.9 Å². The standard InChI is InChI=1S/C16H25FN2O2S/c1-14-7-11-22(20,21)12-10-19(14)9-8-18(2)13-15-3-5-16(17)6-4-15/h3-6,14H,7-13H2,1-2H3. The summed E-state index contributed by atoms with van der Waals surface area (Å²) in [4.78, 5) is 4.44. The monoisotopic (exact) mass is 328 g/mol. The second kappa shape index (κ2) is 7.53. The fourth-order valence-electron chi connectivity index (χ4n) is 2.72. The maximum Gasteiger partial charge on any atom is 0.151 e. The van der Waals surface area contributed by atoms with Gasteiger partial charge in [0, 0.05) is 32.2 Å². The quantitative estimate of drug-likeness (QED) is 0.826. The molecule has 0 radical (unpaired) electrons. The van der Waals surface area contributed by atoms with Gasteiger partial charge in [-0.3, -0.25) is 4.90 Å². The summed E-state index contributed by atoms with van der Waals surface area (Å²) < 4.78 is 36.3. The summed E-state index contributed by atoms with van der Waals surface area (Å²) in [5.41, 5.74) is 1.08. The van der Waals surface area contributed by atoms with Crippen LogP contribution in [0.15, 0.2) is 24.3 Å². The molecule has 0 N–H and O–H groups in total. The molecule has 1 heterocycles. The van der Waals surface area contributed by atoms with Gasteiger partial charge < -0.3 is 4.90 Å². The lowest BCUT2D eigenvalue weighted by Crippen LogP contribution is -2.39. The van der Waals surface area contributed by atoms with Crippen molar-refractivity contribution in [3.05, 3.63) is 35.6 Å². The van der Waals surface area contributed by atoms with E-state index in [1.807, 2.05) is 7.05 Å². The highest BCUT2D eigenvalue weighted by Crippen LogP contribution is 2.12. The summed E-state index contributed by atoms with van der Waals surface area (Å²) in [6, 6.07) is 6.85. The number of hydrogen-bond donors (Lipinski definition) is 0. The first-order chi connectivity index (χ1) is 10.4. The van der Waals surface area contributed by atoms with E-state index in [1.54, 1.807) is 12.1 Å². The van der Waals surface area contributed by atoms with Gasteiger partial charge in [-0.25, -0.2) is 12.8 Å².